The van der Waals surface area contributed by atoms with Crippen LogP contribution in [0.1, 0.15) is 49.7 Å². The first-order valence-electron chi connectivity index (χ1n) is 9.41. The lowest BCUT2D eigenvalue weighted by atomic mass is 9.97. The van der Waals surface area contributed by atoms with Gasteiger partial charge in [-0.15, -0.1) is 0 Å². The summed E-state index contributed by atoms with van der Waals surface area (Å²) in [6.07, 6.45) is 8.50. The smallest absolute Gasteiger partial charge is 0.225 e. The molecule has 1 fully saturated rings. The van der Waals surface area contributed by atoms with E-state index in [0.29, 0.717) is 26.1 Å². The van der Waals surface area contributed by atoms with Gasteiger partial charge in [-0.05, 0) is 44.6 Å². The first kappa shape index (κ1) is 17.7. The minimum atomic E-state index is -0.210. The summed E-state index contributed by atoms with van der Waals surface area (Å²) in [4.78, 5) is 26.4. The summed E-state index contributed by atoms with van der Waals surface area (Å²) in [5, 5.41) is 3.03. The van der Waals surface area contributed by atoms with Gasteiger partial charge in [0, 0.05) is 26.1 Å². The summed E-state index contributed by atoms with van der Waals surface area (Å²) in [7, 11) is 0. The molecular formula is C21H28N2O2. The molecule has 1 aromatic carbocycles. The number of aryl methyl sites for hydroxylation is 1. The van der Waals surface area contributed by atoms with Crippen LogP contribution in [0, 0.1) is 12.8 Å². The molecule has 1 heterocycles. The highest BCUT2D eigenvalue weighted by Crippen LogP contribution is 2.22. The number of nitrogens with zero attached hydrogens (tertiary/aromatic N) is 1. The summed E-state index contributed by atoms with van der Waals surface area (Å²) < 4.78 is 0. The SMILES string of the molecule is Cc1ccc(CN2CC(C(=O)NCCC3=CCCCC3)CC2=O)cc1. The fourth-order valence-electron chi connectivity index (χ4n) is 3.64. The largest absolute Gasteiger partial charge is 0.355 e. The predicted molar refractivity (Wildman–Crippen MR) is 98.9 cm³/mol. The third-order valence-corrected chi connectivity index (χ3v) is 5.21. The molecular weight excluding hydrogens is 312 g/mol. The zero-order chi connectivity index (χ0) is 17.6. The quantitative estimate of drug-likeness (QED) is 0.808. The highest BCUT2D eigenvalue weighted by molar-refractivity contribution is 5.89. The first-order valence-corrected chi connectivity index (χ1v) is 9.41. The third-order valence-electron chi connectivity index (χ3n) is 5.21. The summed E-state index contributed by atoms with van der Waals surface area (Å²) in [5.41, 5.74) is 3.79. The van der Waals surface area contributed by atoms with E-state index in [9.17, 15) is 9.59 Å². The Bertz CT molecular complexity index is 648. The standard InChI is InChI=1S/C21H28N2O2/c1-16-7-9-18(10-8-16)14-23-15-19(13-20(23)24)21(25)22-12-11-17-5-3-2-4-6-17/h5,7-10,19H,2-4,6,11-15H2,1H3,(H,22,25). The number of rotatable bonds is 6. The molecule has 4 nitrogen and oxygen atoms in total. The van der Waals surface area contributed by atoms with Crippen LogP contribution >= 0.6 is 0 Å². The average molecular weight is 340 g/mol. The Morgan fingerprint density at radius 1 is 1.24 bits per heavy atom. The predicted octanol–water partition coefficient (Wildman–Crippen LogP) is 3.35. The maximum absolute atomic E-state index is 12.4. The zero-order valence-corrected chi connectivity index (χ0v) is 15.1. The lowest BCUT2D eigenvalue weighted by molar-refractivity contribution is -0.129. The van der Waals surface area contributed by atoms with Crippen LogP contribution in [0.3, 0.4) is 0 Å². The average Bonchev–Trinajstić information content (AvgIpc) is 2.99. The Labute approximate surface area is 150 Å². The van der Waals surface area contributed by atoms with Crippen molar-refractivity contribution < 1.29 is 9.59 Å². The minimum Gasteiger partial charge on any atom is -0.355 e. The van der Waals surface area contributed by atoms with E-state index in [1.165, 1.54) is 36.8 Å². The number of nitrogens with one attached hydrogen (secondary N) is 1. The van der Waals surface area contributed by atoms with Crippen LogP contribution in [-0.4, -0.2) is 29.8 Å². The molecule has 1 N–H and O–H groups in total. The number of carbonyl (C=O) groups excluding carboxylic acids is 2. The summed E-state index contributed by atoms with van der Waals surface area (Å²) >= 11 is 0. The van der Waals surface area contributed by atoms with Crippen molar-refractivity contribution >= 4 is 11.8 Å². The van der Waals surface area contributed by atoms with Gasteiger partial charge in [-0.2, -0.15) is 0 Å². The molecule has 2 aliphatic rings. The van der Waals surface area contributed by atoms with Crippen LogP contribution in [0.5, 0.6) is 0 Å². The Morgan fingerprint density at radius 3 is 2.76 bits per heavy atom. The van der Waals surface area contributed by atoms with E-state index in [0.717, 1.165) is 12.0 Å². The maximum Gasteiger partial charge on any atom is 0.225 e. The highest BCUT2D eigenvalue weighted by atomic mass is 16.2. The maximum atomic E-state index is 12.4. The molecule has 1 aliphatic carbocycles. The van der Waals surface area contributed by atoms with Crippen molar-refractivity contribution in [2.24, 2.45) is 5.92 Å². The van der Waals surface area contributed by atoms with Gasteiger partial charge in [-0.25, -0.2) is 0 Å². The fraction of sp³-hybridized carbons (Fsp3) is 0.524. The molecule has 1 aliphatic heterocycles. The van der Waals surface area contributed by atoms with Gasteiger partial charge < -0.3 is 10.2 Å². The van der Waals surface area contributed by atoms with Gasteiger partial charge >= 0.3 is 0 Å². The summed E-state index contributed by atoms with van der Waals surface area (Å²) in [5.74, 6) is -0.106. The van der Waals surface area contributed by atoms with E-state index in [-0.39, 0.29) is 17.7 Å². The molecule has 3 rings (SSSR count). The number of amides is 2. The molecule has 4 heteroatoms. The Hall–Kier alpha value is -2.10. The fourth-order valence-corrected chi connectivity index (χ4v) is 3.64. The van der Waals surface area contributed by atoms with Crippen LogP contribution in [0.2, 0.25) is 0 Å². The van der Waals surface area contributed by atoms with Gasteiger partial charge in [0.15, 0.2) is 0 Å². The van der Waals surface area contributed by atoms with Gasteiger partial charge in [0.2, 0.25) is 11.8 Å². The third kappa shape index (κ3) is 4.94. The van der Waals surface area contributed by atoms with Crippen molar-refractivity contribution in [2.45, 2.75) is 52.0 Å². The molecule has 0 spiro atoms. The molecule has 0 radical (unpaired) electrons. The molecule has 0 saturated carbocycles. The molecule has 1 unspecified atom stereocenters. The van der Waals surface area contributed by atoms with Crippen LogP contribution in [-0.2, 0) is 16.1 Å². The van der Waals surface area contributed by atoms with E-state index in [1.807, 2.05) is 12.1 Å². The monoisotopic (exact) mass is 340 g/mol. The van der Waals surface area contributed by atoms with Gasteiger partial charge in [-0.3, -0.25) is 9.59 Å². The summed E-state index contributed by atoms with van der Waals surface area (Å²) in [6, 6.07) is 8.21. The molecule has 134 valence electrons. The number of benzene rings is 1. The number of allylic oxidation sites excluding steroid dienone is 1. The molecule has 25 heavy (non-hydrogen) atoms. The Kier molecular flexibility index (Phi) is 5.90. The van der Waals surface area contributed by atoms with Crippen molar-refractivity contribution in [3.05, 3.63) is 47.0 Å². The Balaban J connectivity index is 1.45. The second kappa shape index (κ2) is 8.32. The van der Waals surface area contributed by atoms with Gasteiger partial charge in [-0.1, -0.05) is 41.5 Å². The van der Waals surface area contributed by atoms with E-state index in [2.05, 4.69) is 30.4 Å². The number of hydrogen-bond donors (Lipinski definition) is 1. The van der Waals surface area contributed by atoms with Crippen LogP contribution in [0.25, 0.3) is 0 Å². The van der Waals surface area contributed by atoms with Crippen molar-refractivity contribution in [3.63, 3.8) is 0 Å². The molecule has 0 bridgehead atoms. The second-order valence-electron chi connectivity index (χ2n) is 7.31. The topological polar surface area (TPSA) is 49.4 Å². The van der Waals surface area contributed by atoms with Crippen molar-refractivity contribution in [2.75, 3.05) is 13.1 Å². The van der Waals surface area contributed by atoms with Crippen molar-refractivity contribution in [1.82, 2.24) is 10.2 Å². The number of carbonyl (C=O) groups is 2. The summed E-state index contributed by atoms with van der Waals surface area (Å²) in [6.45, 7) is 3.86. The van der Waals surface area contributed by atoms with Gasteiger partial charge in [0.05, 0.1) is 5.92 Å². The molecule has 1 saturated heterocycles. The molecule has 1 atom stereocenters. The molecule has 2 amide bonds. The molecule has 0 aromatic heterocycles. The first-order chi connectivity index (χ1) is 12.1. The number of hydrogen-bond acceptors (Lipinski definition) is 2. The zero-order valence-electron chi connectivity index (χ0n) is 15.1. The van der Waals surface area contributed by atoms with Crippen LogP contribution in [0.4, 0.5) is 0 Å². The highest BCUT2D eigenvalue weighted by Gasteiger charge is 2.34. The second-order valence-corrected chi connectivity index (χ2v) is 7.31. The lowest BCUT2D eigenvalue weighted by Gasteiger charge is -2.17. The van der Waals surface area contributed by atoms with Gasteiger partial charge in [0.25, 0.3) is 0 Å². The normalized spacial score (nSPS) is 20.5. The van der Waals surface area contributed by atoms with Gasteiger partial charge in [0.1, 0.15) is 0 Å². The van der Waals surface area contributed by atoms with Crippen molar-refractivity contribution in [1.29, 1.82) is 0 Å². The number of likely N-dealkylation sites (tertiary alicyclic amines) is 1. The van der Waals surface area contributed by atoms with E-state index in [4.69, 9.17) is 0 Å². The van der Waals surface area contributed by atoms with E-state index in [1.54, 1.807) is 4.90 Å². The lowest BCUT2D eigenvalue weighted by Crippen LogP contribution is -2.33. The molecule has 1 aromatic rings. The van der Waals surface area contributed by atoms with E-state index < -0.39 is 0 Å². The van der Waals surface area contributed by atoms with Crippen LogP contribution < -0.4 is 5.32 Å². The van der Waals surface area contributed by atoms with E-state index >= 15 is 0 Å². The Morgan fingerprint density at radius 2 is 2.04 bits per heavy atom. The minimum absolute atomic E-state index is 0.0242. The van der Waals surface area contributed by atoms with Crippen molar-refractivity contribution in [3.8, 4) is 0 Å². The van der Waals surface area contributed by atoms with Crippen LogP contribution in [0.15, 0.2) is 35.9 Å².